The summed E-state index contributed by atoms with van der Waals surface area (Å²) in [5.41, 5.74) is 1.99. The van der Waals surface area contributed by atoms with Gasteiger partial charge in [0, 0.05) is 26.2 Å². The van der Waals surface area contributed by atoms with Gasteiger partial charge >= 0.3 is 0 Å². The molecule has 0 saturated carbocycles. The van der Waals surface area contributed by atoms with Crippen LogP contribution in [0.3, 0.4) is 0 Å². The van der Waals surface area contributed by atoms with Crippen LogP contribution in [0.25, 0.3) is 0 Å². The number of nitrogens with zero attached hydrogens (tertiary/aromatic N) is 2. The van der Waals surface area contributed by atoms with Gasteiger partial charge in [0.25, 0.3) is 0 Å². The molecule has 6 heteroatoms. The molecule has 2 aromatic rings. The molecule has 0 saturated heterocycles. The first-order valence-corrected chi connectivity index (χ1v) is 8.05. The van der Waals surface area contributed by atoms with Crippen molar-refractivity contribution in [3.63, 3.8) is 0 Å². The minimum Gasteiger partial charge on any atom is -0.340 e. The first-order chi connectivity index (χ1) is 9.51. The van der Waals surface area contributed by atoms with Crippen LogP contribution in [-0.4, -0.2) is 24.5 Å². The van der Waals surface area contributed by atoms with Crippen LogP contribution in [0.2, 0.25) is 0 Å². The van der Waals surface area contributed by atoms with E-state index in [-0.39, 0.29) is 0 Å². The second kappa shape index (κ2) is 6.19. The summed E-state index contributed by atoms with van der Waals surface area (Å²) in [6.07, 6.45) is 5.05. The van der Waals surface area contributed by atoms with Crippen molar-refractivity contribution in [2.75, 3.05) is 6.54 Å². The Morgan fingerprint density at radius 3 is 2.50 bits per heavy atom. The van der Waals surface area contributed by atoms with Gasteiger partial charge in [0.15, 0.2) is 0 Å². The van der Waals surface area contributed by atoms with E-state index in [1.54, 1.807) is 18.5 Å². The van der Waals surface area contributed by atoms with E-state index in [9.17, 15) is 8.42 Å². The summed E-state index contributed by atoms with van der Waals surface area (Å²) in [6, 6.07) is 6.96. The molecule has 0 atom stereocenters. The van der Waals surface area contributed by atoms with Gasteiger partial charge in [-0.2, -0.15) is 0 Å². The molecular formula is C14H19N3O2S. The van der Waals surface area contributed by atoms with Crippen molar-refractivity contribution >= 4 is 10.0 Å². The van der Waals surface area contributed by atoms with Crippen molar-refractivity contribution in [2.45, 2.75) is 24.7 Å². The van der Waals surface area contributed by atoms with E-state index in [0.717, 1.165) is 17.7 Å². The lowest BCUT2D eigenvalue weighted by Gasteiger charge is -2.06. The minimum atomic E-state index is -3.43. The number of aromatic nitrogens is 2. The molecule has 0 unspecified atom stereocenters. The molecule has 1 N–H and O–H groups in total. The normalized spacial score (nSPS) is 11.7. The Bertz CT molecular complexity index is 660. The summed E-state index contributed by atoms with van der Waals surface area (Å²) in [5, 5.41) is 0. The summed E-state index contributed by atoms with van der Waals surface area (Å²) in [7, 11) is -1.55. The molecule has 0 fully saturated rings. The van der Waals surface area contributed by atoms with E-state index < -0.39 is 10.0 Å². The van der Waals surface area contributed by atoms with Crippen LogP contribution in [0, 0.1) is 0 Å². The van der Waals surface area contributed by atoms with E-state index in [1.807, 2.05) is 36.9 Å². The Morgan fingerprint density at radius 2 is 1.95 bits per heavy atom. The van der Waals surface area contributed by atoms with Crippen molar-refractivity contribution in [1.29, 1.82) is 0 Å². The number of nitrogens with one attached hydrogen (secondary N) is 1. The Balaban J connectivity index is 1.96. The third-order valence-corrected chi connectivity index (χ3v) is 4.55. The van der Waals surface area contributed by atoms with E-state index >= 15 is 0 Å². The van der Waals surface area contributed by atoms with E-state index in [4.69, 9.17) is 0 Å². The van der Waals surface area contributed by atoms with Gasteiger partial charge in [0.05, 0.1) is 16.9 Å². The highest BCUT2D eigenvalue weighted by molar-refractivity contribution is 7.89. The van der Waals surface area contributed by atoms with Crippen LogP contribution >= 0.6 is 0 Å². The molecule has 0 spiro atoms. The lowest BCUT2D eigenvalue weighted by molar-refractivity contribution is 0.581. The molecule has 1 aromatic heterocycles. The Hall–Kier alpha value is -1.66. The average Bonchev–Trinajstić information content (AvgIpc) is 2.84. The second-order valence-electron chi connectivity index (χ2n) is 4.68. The number of hydrogen-bond acceptors (Lipinski definition) is 3. The SMILES string of the molecule is CCc1ccc(S(=O)(=O)NCCc2cn(C)cn2)cc1. The van der Waals surface area contributed by atoms with Gasteiger partial charge in [-0.25, -0.2) is 18.1 Å². The fraction of sp³-hybridized carbons (Fsp3) is 0.357. The summed E-state index contributed by atoms with van der Waals surface area (Å²) in [4.78, 5) is 4.46. The average molecular weight is 293 g/mol. The Kier molecular flexibility index (Phi) is 4.57. The van der Waals surface area contributed by atoms with Gasteiger partial charge in [-0.15, -0.1) is 0 Å². The number of benzene rings is 1. The largest absolute Gasteiger partial charge is 0.340 e. The second-order valence-corrected chi connectivity index (χ2v) is 6.44. The summed E-state index contributed by atoms with van der Waals surface area (Å²) in [5.74, 6) is 0. The van der Waals surface area contributed by atoms with Crippen molar-refractivity contribution in [2.24, 2.45) is 7.05 Å². The van der Waals surface area contributed by atoms with Crippen LogP contribution in [0.4, 0.5) is 0 Å². The molecule has 0 aliphatic rings. The van der Waals surface area contributed by atoms with Crippen LogP contribution in [0.5, 0.6) is 0 Å². The van der Waals surface area contributed by atoms with Crippen LogP contribution < -0.4 is 4.72 Å². The van der Waals surface area contributed by atoms with Crippen molar-refractivity contribution in [3.8, 4) is 0 Å². The fourth-order valence-corrected chi connectivity index (χ4v) is 2.93. The molecule has 0 aliphatic carbocycles. The fourth-order valence-electron chi connectivity index (χ4n) is 1.90. The molecule has 108 valence electrons. The van der Waals surface area contributed by atoms with Crippen LogP contribution in [-0.2, 0) is 29.9 Å². The van der Waals surface area contributed by atoms with Crippen molar-refractivity contribution in [1.82, 2.24) is 14.3 Å². The molecule has 0 bridgehead atoms. The minimum absolute atomic E-state index is 0.302. The number of aryl methyl sites for hydroxylation is 2. The number of imidazole rings is 1. The van der Waals surface area contributed by atoms with Crippen LogP contribution in [0.1, 0.15) is 18.2 Å². The van der Waals surface area contributed by atoms with Gasteiger partial charge in [-0.05, 0) is 24.1 Å². The molecule has 0 amide bonds. The van der Waals surface area contributed by atoms with Crippen LogP contribution in [0.15, 0.2) is 41.7 Å². The number of sulfonamides is 1. The third-order valence-electron chi connectivity index (χ3n) is 3.07. The maximum atomic E-state index is 12.1. The predicted molar refractivity (Wildman–Crippen MR) is 77.9 cm³/mol. The number of hydrogen-bond donors (Lipinski definition) is 1. The van der Waals surface area contributed by atoms with Crippen molar-refractivity contribution < 1.29 is 8.42 Å². The van der Waals surface area contributed by atoms with Gasteiger partial charge in [0.1, 0.15) is 0 Å². The maximum Gasteiger partial charge on any atom is 0.240 e. The highest BCUT2D eigenvalue weighted by Gasteiger charge is 2.13. The van der Waals surface area contributed by atoms with Gasteiger partial charge in [-0.1, -0.05) is 19.1 Å². The van der Waals surface area contributed by atoms with Gasteiger partial charge < -0.3 is 4.57 Å². The first-order valence-electron chi connectivity index (χ1n) is 6.56. The Labute approximate surface area is 119 Å². The van der Waals surface area contributed by atoms with Gasteiger partial charge in [0.2, 0.25) is 10.0 Å². The molecular weight excluding hydrogens is 274 g/mol. The molecule has 1 aromatic carbocycles. The third kappa shape index (κ3) is 3.68. The van der Waals surface area contributed by atoms with E-state index in [2.05, 4.69) is 9.71 Å². The van der Waals surface area contributed by atoms with E-state index in [1.165, 1.54) is 0 Å². The molecule has 0 radical (unpaired) electrons. The lowest BCUT2D eigenvalue weighted by atomic mass is 10.2. The molecule has 1 heterocycles. The highest BCUT2D eigenvalue weighted by atomic mass is 32.2. The lowest BCUT2D eigenvalue weighted by Crippen LogP contribution is -2.26. The molecule has 2 rings (SSSR count). The molecule has 20 heavy (non-hydrogen) atoms. The van der Waals surface area contributed by atoms with Gasteiger partial charge in [-0.3, -0.25) is 0 Å². The zero-order valence-electron chi connectivity index (χ0n) is 11.7. The molecule has 0 aliphatic heterocycles. The predicted octanol–water partition coefficient (Wildman–Crippen LogP) is 1.50. The molecule has 5 nitrogen and oxygen atoms in total. The van der Waals surface area contributed by atoms with Crippen molar-refractivity contribution in [3.05, 3.63) is 48.0 Å². The number of rotatable bonds is 6. The zero-order chi connectivity index (χ0) is 14.6. The summed E-state index contributed by atoms with van der Waals surface area (Å²) in [6.45, 7) is 2.38. The highest BCUT2D eigenvalue weighted by Crippen LogP contribution is 2.10. The maximum absolute atomic E-state index is 12.1. The quantitative estimate of drug-likeness (QED) is 0.878. The van der Waals surface area contributed by atoms with E-state index in [0.29, 0.717) is 17.9 Å². The first kappa shape index (κ1) is 14.7. The smallest absolute Gasteiger partial charge is 0.240 e. The summed E-state index contributed by atoms with van der Waals surface area (Å²) < 4.78 is 28.6. The monoisotopic (exact) mass is 293 g/mol. The Morgan fingerprint density at radius 1 is 1.25 bits per heavy atom. The zero-order valence-corrected chi connectivity index (χ0v) is 12.5. The summed E-state index contributed by atoms with van der Waals surface area (Å²) >= 11 is 0. The standard InChI is InChI=1S/C14H19N3O2S/c1-3-12-4-6-14(7-5-12)20(18,19)16-9-8-13-10-17(2)11-15-13/h4-7,10-11,16H,3,8-9H2,1-2H3. The topological polar surface area (TPSA) is 64.0 Å².